The Morgan fingerprint density at radius 2 is 1.82 bits per heavy atom. The first kappa shape index (κ1) is 12.7. The van der Waals surface area contributed by atoms with Crippen LogP contribution in [0, 0.1) is 11.8 Å². The van der Waals surface area contributed by atoms with Crippen molar-refractivity contribution in [3.05, 3.63) is 0 Å². The van der Waals surface area contributed by atoms with E-state index in [-0.39, 0.29) is 50.0 Å². The highest BCUT2D eigenvalue weighted by Gasteiger charge is 2.41. The molecular formula is C12H18F3NO. The van der Waals surface area contributed by atoms with Gasteiger partial charge in [0, 0.05) is 31.2 Å². The lowest BCUT2D eigenvalue weighted by atomic mass is 9.86. The first-order valence-corrected chi connectivity index (χ1v) is 6.20. The molecule has 1 saturated carbocycles. The normalized spacial score (nSPS) is 34.0. The summed E-state index contributed by atoms with van der Waals surface area (Å²) in [5.74, 6) is -3.21. The van der Waals surface area contributed by atoms with Crippen molar-refractivity contribution >= 4 is 5.91 Å². The van der Waals surface area contributed by atoms with Crippen LogP contribution in [0.4, 0.5) is 13.2 Å². The van der Waals surface area contributed by atoms with Gasteiger partial charge in [-0.25, -0.2) is 13.2 Å². The molecule has 2 nitrogen and oxygen atoms in total. The number of halogens is 3. The van der Waals surface area contributed by atoms with Gasteiger partial charge in [0.15, 0.2) is 0 Å². The number of carbonyl (C=O) groups is 1. The van der Waals surface area contributed by atoms with Crippen LogP contribution < -0.4 is 0 Å². The molecule has 1 aliphatic heterocycles. The molecule has 2 fully saturated rings. The highest BCUT2D eigenvalue weighted by atomic mass is 19.3. The van der Waals surface area contributed by atoms with Crippen molar-refractivity contribution in [2.24, 2.45) is 11.8 Å². The van der Waals surface area contributed by atoms with Gasteiger partial charge in [-0.15, -0.1) is 0 Å². The second-order valence-electron chi connectivity index (χ2n) is 5.37. The second kappa shape index (κ2) is 4.50. The fraction of sp³-hybridized carbons (Fsp3) is 0.917. The molecular weight excluding hydrogens is 231 g/mol. The average molecular weight is 249 g/mol. The van der Waals surface area contributed by atoms with Gasteiger partial charge in [0.1, 0.15) is 6.17 Å². The van der Waals surface area contributed by atoms with E-state index in [1.165, 1.54) is 4.90 Å². The monoisotopic (exact) mass is 249 g/mol. The summed E-state index contributed by atoms with van der Waals surface area (Å²) < 4.78 is 39.2. The van der Waals surface area contributed by atoms with Crippen molar-refractivity contribution < 1.29 is 18.0 Å². The van der Waals surface area contributed by atoms with Gasteiger partial charge >= 0.3 is 0 Å². The number of nitrogens with zero attached hydrogens (tertiary/aromatic N) is 1. The maximum absolute atomic E-state index is 13.3. The predicted octanol–water partition coefficient (Wildman–Crippen LogP) is 2.63. The molecule has 0 spiro atoms. The molecule has 98 valence electrons. The lowest BCUT2D eigenvalue weighted by molar-refractivity contribution is -0.138. The Labute approximate surface area is 99.2 Å². The molecule has 1 heterocycles. The molecule has 2 rings (SSSR count). The van der Waals surface area contributed by atoms with E-state index in [0.29, 0.717) is 6.54 Å². The summed E-state index contributed by atoms with van der Waals surface area (Å²) >= 11 is 0. The number of amides is 1. The van der Waals surface area contributed by atoms with Gasteiger partial charge in [0.05, 0.1) is 6.54 Å². The molecule has 5 heteroatoms. The van der Waals surface area contributed by atoms with Crippen molar-refractivity contribution in [3.63, 3.8) is 0 Å². The summed E-state index contributed by atoms with van der Waals surface area (Å²) in [6, 6.07) is 0. The molecule has 0 radical (unpaired) electrons. The van der Waals surface area contributed by atoms with E-state index >= 15 is 0 Å². The Morgan fingerprint density at radius 1 is 1.24 bits per heavy atom. The summed E-state index contributed by atoms with van der Waals surface area (Å²) in [5, 5.41) is 0. The van der Waals surface area contributed by atoms with Crippen LogP contribution in [0.5, 0.6) is 0 Å². The number of carbonyl (C=O) groups excluding carboxylic acids is 1. The van der Waals surface area contributed by atoms with Gasteiger partial charge in [-0.1, -0.05) is 6.92 Å². The zero-order valence-corrected chi connectivity index (χ0v) is 9.96. The van der Waals surface area contributed by atoms with E-state index in [1.54, 1.807) is 6.92 Å². The number of hydrogen-bond donors (Lipinski definition) is 0. The summed E-state index contributed by atoms with van der Waals surface area (Å²) in [7, 11) is 0. The molecule has 2 atom stereocenters. The minimum absolute atomic E-state index is 0.132. The largest absolute Gasteiger partial charge is 0.339 e. The van der Waals surface area contributed by atoms with Crippen LogP contribution >= 0.6 is 0 Å². The minimum atomic E-state index is -2.61. The Hall–Kier alpha value is -0.740. The maximum atomic E-state index is 13.3. The quantitative estimate of drug-likeness (QED) is 0.699. The minimum Gasteiger partial charge on any atom is -0.339 e. The highest BCUT2D eigenvalue weighted by molar-refractivity contribution is 5.79. The fourth-order valence-electron chi connectivity index (χ4n) is 2.65. The summed E-state index contributed by atoms with van der Waals surface area (Å²) in [4.78, 5) is 13.5. The Bertz CT molecular complexity index is 288. The second-order valence-corrected chi connectivity index (χ2v) is 5.37. The molecule has 0 aromatic rings. The molecule has 1 amide bonds. The molecule has 0 aromatic heterocycles. The van der Waals surface area contributed by atoms with Crippen LogP contribution in [0.3, 0.4) is 0 Å². The van der Waals surface area contributed by atoms with E-state index < -0.39 is 12.1 Å². The van der Waals surface area contributed by atoms with Gasteiger partial charge in [-0.3, -0.25) is 4.79 Å². The Morgan fingerprint density at radius 3 is 2.29 bits per heavy atom. The van der Waals surface area contributed by atoms with E-state index in [2.05, 4.69) is 0 Å². The van der Waals surface area contributed by atoms with Crippen LogP contribution in [0.2, 0.25) is 0 Å². The molecule has 0 aromatic carbocycles. The van der Waals surface area contributed by atoms with Crippen LogP contribution in [-0.2, 0) is 4.79 Å². The predicted molar refractivity (Wildman–Crippen MR) is 57.5 cm³/mol. The van der Waals surface area contributed by atoms with Crippen LogP contribution in [-0.4, -0.2) is 36.0 Å². The molecule has 0 N–H and O–H groups in total. The third-order valence-corrected chi connectivity index (χ3v) is 3.90. The van der Waals surface area contributed by atoms with Crippen molar-refractivity contribution in [2.75, 3.05) is 13.1 Å². The zero-order valence-electron chi connectivity index (χ0n) is 9.96. The number of likely N-dealkylation sites (tertiary alicyclic amines) is 1. The standard InChI is InChI=1S/C12H18F3NO/c1-8-6-16(7-10(8)13)11(17)9-2-4-12(14,15)5-3-9/h8-10H,2-7H2,1H3/t8?,10-/m0/s1. The van der Waals surface area contributed by atoms with Gasteiger partial charge < -0.3 is 4.90 Å². The summed E-state index contributed by atoms with van der Waals surface area (Å²) in [6.45, 7) is 2.33. The van der Waals surface area contributed by atoms with E-state index in [4.69, 9.17) is 0 Å². The van der Waals surface area contributed by atoms with E-state index in [9.17, 15) is 18.0 Å². The first-order chi connectivity index (χ1) is 7.89. The first-order valence-electron chi connectivity index (χ1n) is 6.20. The number of alkyl halides is 3. The third-order valence-electron chi connectivity index (χ3n) is 3.90. The van der Waals surface area contributed by atoms with Crippen LogP contribution in [0.25, 0.3) is 0 Å². The lowest BCUT2D eigenvalue weighted by Gasteiger charge is -2.30. The van der Waals surface area contributed by atoms with Crippen molar-refractivity contribution in [1.29, 1.82) is 0 Å². The Balaban J connectivity index is 1.89. The molecule has 1 saturated heterocycles. The third kappa shape index (κ3) is 2.75. The number of hydrogen-bond acceptors (Lipinski definition) is 1. The average Bonchev–Trinajstić information content (AvgIpc) is 2.58. The molecule has 17 heavy (non-hydrogen) atoms. The molecule has 2 aliphatic rings. The summed E-state index contributed by atoms with van der Waals surface area (Å²) in [5.41, 5.74) is 0. The van der Waals surface area contributed by atoms with Crippen molar-refractivity contribution in [1.82, 2.24) is 4.90 Å². The maximum Gasteiger partial charge on any atom is 0.248 e. The van der Waals surface area contributed by atoms with Gasteiger partial charge in [0.25, 0.3) is 0 Å². The molecule has 1 aliphatic carbocycles. The van der Waals surface area contributed by atoms with Crippen molar-refractivity contribution in [2.45, 2.75) is 44.7 Å². The van der Waals surface area contributed by atoms with Gasteiger partial charge in [-0.2, -0.15) is 0 Å². The highest BCUT2D eigenvalue weighted by Crippen LogP contribution is 2.37. The lowest BCUT2D eigenvalue weighted by Crippen LogP contribution is -2.38. The summed E-state index contributed by atoms with van der Waals surface area (Å²) in [6.07, 6.45) is -0.942. The van der Waals surface area contributed by atoms with Crippen LogP contribution in [0.1, 0.15) is 32.6 Å². The smallest absolute Gasteiger partial charge is 0.248 e. The van der Waals surface area contributed by atoms with Gasteiger partial charge in [0.2, 0.25) is 11.8 Å². The molecule has 0 bridgehead atoms. The SMILES string of the molecule is CC1CN(C(=O)C2CCC(F)(F)CC2)C[C@@H]1F. The van der Waals surface area contributed by atoms with E-state index in [0.717, 1.165) is 0 Å². The fourth-order valence-corrected chi connectivity index (χ4v) is 2.65. The zero-order chi connectivity index (χ0) is 12.6. The molecule has 1 unspecified atom stereocenters. The topological polar surface area (TPSA) is 20.3 Å². The Kier molecular flexibility index (Phi) is 3.36. The van der Waals surface area contributed by atoms with Crippen molar-refractivity contribution in [3.8, 4) is 0 Å². The number of rotatable bonds is 1. The van der Waals surface area contributed by atoms with E-state index in [1.807, 2.05) is 0 Å². The van der Waals surface area contributed by atoms with Crippen LogP contribution in [0.15, 0.2) is 0 Å². The van der Waals surface area contributed by atoms with Gasteiger partial charge in [-0.05, 0) is 12.8 Å².